The molecule has 4 aliphatic rings. The van der Waals surface area contributed by atoms with Crippen LogP contribution in [0.3, 0.4) is 0 Å². The van der Waals surface area contributed by atoms with Crippen LogP contribution < -0.4 is 4.90 Å². The number of carbonyl (C=O) groups is 2. The van der Waals surface area contributed by atoms with Gasteiger partial charge in [0.2, 0.25) is 5.28 Å². The zero-order valence-corrected chi connectivity index (χ0v) is 25.4. The smallest absolute Gasteiger partial charge is 0.410 e. The molecule has 0 bridgehead atoms. The van der Waals surface area contributed by atoms with Gasteiger partial charge in [0, 0.05) is 25.6 Å². The van der Waals surface area contributed by atoms with Crippen molar-refractivity contribution in [1.82, 2.24) is 14.9 Å². The molecule has 3 heterocycles. The number of rotatable bonds is 3. The Morgan fingerprint density at radius 2 is 1.73 bits per heavy atom. The molecule has 1 aromatic rings. The Morgan fingerprint density at radius 3 is 2.37 bits per heavy atom. The molecule has 11 nitrogen and oxygen atoms in total. The van der Waals surface area contributed by atoms with Crippen LogP contribution in [-0.2, 0) is 19.0 Å². The number of fused-ring (bicyclic) bond motifs is 1. The lowest BCUT2D eigenvalue weighted by Crippen LogP contribution is -2.60. The van der Waals surface area contributed by atoms with Gasteiger partial charge in [-0.15, -0.1) is 0 Å². The van der Waals surface area contributed by atoms with Crippen LogP contribution in [0.1, 0.15) is 85.3 Å². The standard InChI is InChI=1S/C29H42ClN5O6/c1-18-16-34(17-19(2)35(18)26(37)41-27(3,4)5)22-15-21(31-25(30)32-22)23(33-38)20-9-8-11-28(24(20)36)10-6-7-12-29(28)39-13-14-40-29/h15,18-20,38H,6-14,16-17H2,1-5H3/b33-23-/t18-,19-,20?,28-/m0/s1. The quantitative estimate of drug-likeness (QED) is 0.228. The summed E-state index contributed by atoms with van der Waals surface area (Å²) in [5.74, 6) is -1.05. The van der Waals surface area contributed by atoms with Crippen molar-refractivity contribution < 1.29 is 29.0 Å². The summed E-state index contributed by atoms with van der Waals surface area (Å²) < 4.78 is 18.0. The lowest BCUT2D eigenvalue weighted by Gasteiger charge is -2.52. The van der Waals surface area contributed by atoms with E-state index in [-0.39, 0.29) is 35.0 Å². The second kappa shape index (κ2) is 11.3. The molecular weight excluding hydrogens is 550 g/mol. The number of hydrogen-bond donors (Lipinski definition) is 1. The minimum Gasteiger partial charge on any atom is -0.444 e. The van der Waals surface area contributed by atoms with Gasteiger partial charge in [-0.3, -0.25) is 9.69 Å². The highest BCUT2D eigenvalue weighted by molar-refractivity contribution is 6.28. The summed E-state index contributed by atoms with van der Waals surface area (Å²) in [6, 6.07) is 1.40. The van der Waals surface area contributed by atoms with E-state index < -0.39 is 22.7 Å². The third-order valence-electron chi connectivity index (χ3n) is 8.96. The van der Waals surface area contributed by atoms with Gasteiger partial charge in [-0.05, 0) is 71.9 Å². The van der Waals surface area contributed by atoms with E-state index in [9.17, 15) is 14.8 Å². The fourth-order valence-electron chi connectivity index (χ4n) is 7.36. The number of piperazine rings is 1. The molecule has 2 aliphatic heterocycles. The van der Waals surface area contributed by atoms with Crippen LogP contribution in [0, 0.1) is 11.3 Å². The summed E-state index contributed by atoms with van der Waals surface area (Å²) in [5, 5.41) is 13.9. The molecule has 2 saturated carbocycles. The molecule has 2 aliphatic carbocycles. The third-order valence-corrected chi connectivity index (χ3v) is 9.13. The molecule has 4 fully saturated rings. The molecule has 2 saturated heterocycles. The molecule has 1 N–H and O–H groups in total. The van der Waals surface area contributed by atoms with E-state index in [4.69, 9.17) is 25.8 Å². The van der Waals surface area contributed by atoms with E-state index in [1.165, 1.54) is 0 Å². The number of anilines is 1. The Morgan fingerprint density at radius 1 is 1.10 bits per heavy atom. The van der Waals surface area contributed by atoms with E-state index in [0.29, 0.717) is 63.5 Å². The summed E-state index contributed by atoms with van der Waals surface area (Å²) in [6.45, 7) is 11.4. The first-order valence-corrected chi connectivity index (χ1v) is 15.1. The topological polar surface area (TPSA) is 127 Å². The molecule has 1 amide bonds. The van der Waals surface area contributed by atoms with Gasteiger partial charge < -0.3 is 24.3 Å². The largest absolute Gasteiger partial charge is 0.444 e. The lowest BCUT2D eigenvalue weighted by atomic mass is 9.57. The molecule has 1 aromatic heterocycles. The minimum atomic E-state index is -0.907. The van der Waals surface area contributed by atoms with Crippen molar-refractivity contribution in [3.8, 4) is 0 Å². The number of ether oxygens (including phenoxy) is 3. The van der Waals surface area contributed by atoms with Crippen LogP contribution in [0.2, 0.25) is 5.28 Å². The van der Waals surface area contributed by atoms with Crippen molar-refractivity contribution >= 4 is 35.0 Å². The second-order valence-corrected chi connectivity index (χ2v) is 13.2. The Labute approximate surface area is 246 Å². The van der Waals surface area contributed by atoms with Gasteiger partial charge in [-0.25, -0.2) is 14.8 Å². The molecule has 5 rings (SSSR count). The molecule has 12 heteroatoms. The van der Waals surface area contributed by atoms with Gasteiger partial charge in [0.05, 0.1) is 42.3 Å². The van der Waals surface area contributed by atoms with Crippen LogP contribution in [0.4, 0.5) is 10.6 Å². The highest BCUT2D eigenvalue weighted by Crippen LogP contribution is 2.56. The summed E-state index contributed by atoms with van der Waals surface area (Å²) in [4.78, 5) is 39.8. The van der Waals surface area contributed by atoms with Crippen LogP contribution >= 0.6 is 11.6 Å². The number of hydrogen-bond acceptors (Lipinski definition) is 10. The van der Waals surface area contributed by atoms with Gasteiger partial charge in [0.25, 0.3) is 0 Å². The van der Waals surface area contributed by atoms with E-state index in [0.717, 1.165) is 19.3 Å². The maximum atomic E-state index is 14.3. The number of nitrogens with zero attached hydrogens (tertiary/aromatic N) is 5. The van der Waals surface area contributed by atoms with Gasteiger partial charge in [-0.1, -0.05) is 18.0 Å². The average Bonchev–Trinajstić information content (AvgIpc) is 3.36. The summed E-state index contributed by atoms with van der Waals surface area (Å²) >= 11 is 6.42. The second-order valence-electron chi connectivity index (χ2n) is 12.9. The highest BCUT2D eigenvalue weighted by atomic mass is 35.5. The number of halogens is 1. The Kier molecular flexibility index (Phi) is 8.26. The zero-order chi connectivity index (χ0) is 29.6. The Balaban J connectivity index is 1.40. The summed E-state index contributed by atoms with van der Waals surface area (Å²) in [5.41, 5.74) is -0.869. The number of carbonyl (C=O) groups excluding carboxylic acids is 2. The highest BCUT2D eigenvalue weighted by Gasteiger charge is 2.63. The average molecular weight is 592 g/mol. The molecular formula is C29H42ClN5O6. The maximum absolute atomic E-state index is 14.3. The van der Waals surface area contributed by atoms with Gasteiger partial charge in [-0.2, -0.15) is 0 Å². The zero-order valence-electron chi connectivity index (χ0n) is 24.7. The third kappa shape index (κ3) is 5.52. The monoisotopic (exact) mass is 591 g/mol. The number of Topliss-reactive ketones (excluding diaryl/α,β-unsaturated/α-hetero) is 1. The first-order valence-electron chi connectivity index (χ1n) is 14.7. The van der Waals surface area contributed by atoms with Gasteiger partial charge in [0.15, 0.2) is 11.6 Å². The summed E-state index contributed by atoms with van der Waals surface area (Å²) in [6.07, 6.45) is 4.90. The predicted molar refractivity (Wildman–Crippen MR) is 152 cm³/mol. The molecule has 0 radical (unpaired) electrons. The van der Waals surface area contributed by atoms with Crippen molar-refractivity contribution in [2.45, 2.75) is 103 Å². The molecule has 2 spiro atoms. The van der Waals surface area contributed by atoms with E-state index in [2.05, 4.69) is 15.1 Å². The molecule has 1 unspecified atom stereocenters. The molecule has 0 aromatic carbocycles. The maximum Gasteiger partial charge on any atom is 0.410 e. The van der Waals surface area contributed by atoms with Crippen molar-refractivity contribution in [2.24, 2.45) is 16.5 Å². The normalized spacial score (nSPS) is 30.7. The number of amides is 1. The van der Waals surface area contributed by atoms with E-state index in [1.807, 2.05) is 39.5 Å². The number of oxime groups is 1. The molecule has 226 valence electrons. The van der Waals surface area contributed by atoms with E-state index in [1.54, 1.807) is 11.0 Å². The molecule has 41 heavy (non-hydrogen) atoms. The Hall–Kier alpha value is -2.50. The Bertz CT molecular complexity index is 1180. The minimum absolute atomic E-state index is 0.0110. The van der Waals surface area contributed by atoms with Crippen molar-refractivity contribution in [3.63, 3.8) is 0 Å². The van der Waals surface area contributed by atoms with E-state index >= 15 is 0 Å². The molecule has 4 atom stereocenters. The van der Waals surface area contributed by atoms with Gasteiger partial charge in [0.1, 0.15) is 17.1 Å². The fourth-order valence-corrected chi connectivity index (χ4v) is 7.53. The van der Waals surface area contributed by atoms with Gasteiger partial charge >= 0.3 is 6.09 Å². The SMILES string of the molecule is C[C@H]1CN(c2cc(/C(=N\O)C3CCC[C@@]4(CCCCC45OCCO5)C3=O)nc(Cl)n2)C[C@H](C)N1C(=O)OC(C)(C)C. The number of ketones is 1. The van der Waals surface area contributed by atoms with Crippen LogP contribution in [-0.4, -0.2) is 87.4 Å². The van der Waals surface area contributed by atoms with Crippen molar-refractivity contribution in [2.75, 3.05) is 31.2 Å². The number of aromatic nitrogens is 2. The predicted octanol–water partition coefficient (Wildman–Crippen LogP) is 4.82. The van der Waals surface area contributed by atoms with Crippen LogP contribution in [0.5, 0.6) is 0 Å². The fraction of sp³-hybridized carbons (Fsp3) is 0.759. The van der Waals surface area contributed by atoms with Crippen molar-refractivity contribution in [1.29, 1.82) is 0 Å². The first-order chi connectivity index (χ1) is 19.4. The van der Waals surface area contributed by atoms with Crippen LogP contribution in [0.25, 0.3) is 0 Å². The first kappa shape index (κ1) is 30.0. The van der Waals surface area contributed by atoms with Crippen LogP contribution in [0.15, 0.2) is 11.2 Å². The summed E-state index contributed by atoms with van der Waals surface area (Å²) in [7, 11) is 0. The lowest BCUT2D eigenvalue weighted by molar-refractivity contribution is -0.255. The van der Waals surface area contributed by atoms with Crippen molar-refractivity contribution in [3.05, 3.63) is 17.0 Å².